The van der Waals surface area contributed by atoms with Gasteiger partial charge in [0.1, 0.15) is 5.75 Å². The predicted molar refractivity (Wildman–Crippen MR) is 92.2 cm³/mol. The van der Waals surface area contributed by atoms with E-state index in [1.54, 1.807) is 36.4 Å². The Hall–Kier alpha value is -2.62. The Balaban J connectivity index is 1.56. The number of hydrogen-bond acceptors (Lipinski definition) is 3. The van der Waals surface area contributed by atoms with Crippen molar-refractivity contribution in [3.05, 3.63) is 65.7 Å². The molecule has 0 radical (unpaired) electrons. The molecular weight excluding hydrogens is 302 g/mol. The monoisotopic (exact) mass is 323 g/mol. The van der Waals surface area contributed by atoms with Gasteiger partial charge in [-0.1, -0.05) is 30.3 Å². The fourth-order valence-electron chi connectivity index (χ4n) is 2.84. The first-order valence-electron chi connectivity index (χ1n) is 8.34. The van der Waals surface area contributed by atoms with Crippen molar-refractivity contribution in [3.63, 3.8) is 0 Å². The first-order valence-corrected chi connectivity index (χ1v) is 8.34. The maximum atomic E-state index is 12.3. The molecule has 124 valence electrons. The van der Waals surface area contributed by atoms with E-state index in [0.717, 1.165) is 25.9 Å². The largest absolute Gasteiger partial charge is 0.484 e. The van der Waals surface area contributed by atoms with Crippen molar-refractivity contribution in [1.29, 1.82) is 0 Å². The molecule has 0 saturated carbocycles. The van der Waals surface area contributed by atoms with Crippen LogP contribution in [-0.2, 0) is 4.79 Å². The molecule has 0 N–H and O–H groups in total. The van der Waals surface area contributed by atoms with Gasteiger partial charge in [-0.05, 0) is 43.5 Å². The minimum absolute atomic E-state index is 0.0217. The van der Waals surface area contributed by atoms with Gasteiger partial charge in [-0.15, -0.1) is 0 Å². The molecule has 1 aliphatic rings. The molecule has 0 bridgehead atoms. The minimum Gasteiger partial charge on any atom is -0.484 e. The second-order valence-corrected chi connectivity index (χ2v) is 5.95. The molecule has 3 rings (SSSR count). The number of piperidine rings is 1. The van der Waals surface area contributed by atoms with Gasteiger partial charge in [0.15, 0.2) is 12.4 Å². The van der Waals surface area contributed by atoms with Crippen LogP contribution in [0.3, 0.4) is 0 Å². The van der Waals surface area contributed by atoms with Crippen LogP contribution in [-0.4, -0.2) is 36.3 Å². The zero-order chi connectivity index (χ0) is 16.8. The summed E-state index contributed by atoms with van der Waals surface area (Å²) in [6, 6.07) is 16.1. The van der Waals surface area contributed by atoms with Crippen molar-refractivity contribution in [3.8, 4) is 5.75 Å². The van der Waals surface area contributed by atoms with Crippen molar-refractivity contribution in [2.75, 3.05) is 19.7 Å². The quantitative estimate of drug-likeness (QED) is 0.793. The fourth-order valence-corrected chi connectivity index (χ4v) is 2.84. The minimum atomic E-state index is -0.0217. The molecule has 0 unspecified atom stereocenters. The highest BCUT2D eigenvalue weighted by Gasteiger charge is 2.16. The summed E-state index contributed by atoms with van der Waals surface area (Å²) < 4.78 is 5.56. The van der Waals surface area contributed by atoms with Gasteiger partial charge >= 0.3 is 0 Å². The highest BCUT2D eigenvalue weighted by molar-refractivity contribution is 6.08. The predicted octanol–water partition coefficient (Wildman–Crippen LogP) is 3.31. The van der Waals surface area contributed by atoms with Gasteiger partial charge in [0.05, 0.1) is 0 Å². The topological polar surface area (TPSA) is 46.6 Å². The van der Waals surface area contributed by atoms with Crippen LogP contribution in [0.25, 0.3) is 0 Å². The first kappa shape index (κ1) is 16.2. The molecule has 0 aliphatic carbocycles. The summed E-state index contributed by atoms with van der Waals surface area (Å²) in [4.78, 5) is 26.3. The summed E-state index contributed by atoms with van der Waals surface area (Å²) in [5, 5.41) is 0. The molecule has 1 heterocycles. The Labute approximate surface area is 142 Å². The second-order valence-electron chi connectivity index (χ2n) is 5.95. The van der Waals surface area contributed by atoms with E-state index in [1.807, 2.05) is 23.1 Å². The molecule has 2 aromatic rings. The number of carbonyl (C=O) groups excluding carboxylic acids is 2. The van der Waals surface area contributed by atoms with E-state index in [2.05, 4.69) is 0 Å². The fraction of sp³-hybridized carbons (Fsp3) is 0.300. The summed E-state index contributed by atoms with van der Waals surface area (Å²) in [6.45, 7) is 1.70. The third-order valence-electron chi connectivity index (χ3n) is 4.22. The van der Waals surface area contributed by atoms with Crippen molar-refractivity contribution in [2.24, 2.45) is 0 Å². The average Bonchev–Trinajstić information content (AvgIpc) is 2.67. The highest BCUT2D eigenvalue weighted by Crippen LogP contribution is 2.16. The molecule has 0 spiro atoms. The van der Waals surface area contributed by atoms with Gasteiger partial charge < -0.3 is 9.64 Å². The zero-order valence-electron chi connectivity index (χ0n) is 13.6. The van der Waals surface area contributed by atoms with Crippen LogP contribution in [0.4, 0.5) is 0 Å². The Morgan fingerprint density at radius 1 is 0.833 bits per heavy atom. The van der Waals surface area contributed by atoms with Crippen molar-refractivity contribution < 1.29 is 14.3 Å². The Morgan fingerprint density at radius 2 is 1.46 bits per heavy atom. The number of carbonyl (C=O) groups is 2. The summed E-state index contributed by atoms with van der Waals surface area (Å²) in [7, 11) is 0. The van der Waals surface area contributed by atoms with E-state index in [9.17, 15) is 9.59 Å². The number of amides is 1. The summed E-state index contributed by atoms with van der Waals surface area (Å²) in [5.41, 5.74) is 1.27. The number of rotatable bonds is 5. The summed E-state index contributed by atoms with van der Waals surface area (Å²) in [5.74, 6) is 0.607. The maximum absolute atomic E-state index is 12.3. The zero-order valence-corrected chi connectivity index (χ0v) is 13.6. The van der Waals surface area contributed by atoms with E-state index in [0.29, 0.717) is 16.9 Å². The Morgan fingerprint density at radius 3 is 2.12 bits per heavy atom. The molecule has 24 heavy (non-hydrogen) atoms. The normalized spacial score (nSPS) is 14.2. The van der Waals surface area contributed by atoms with Crippen LogP contribution in [0.1, 0.15) is 35.2 Å². The summed E-state index contributed by atoms with van der Waals surface area (Å²) in [6.07, 6.45) is 3.34. The van der Waals surface area contributed by atoms with E-state index >= 15 is 0 Å². The smallest absolute Gasteiger partial charge is 0.260 e. The van der Waals surface area contributed by atoms with Crippen LogP contribution in [0, 0.1) is 0 Å². The molecule has 1 aliphatic heterocycles. The van der Waals surface area contributed by atoms with Crippen LogP contribution >= 0.6 is 0 Å². The van der Waals surface area contributed by atoms with Crippen LogP contribution < -0.4 is 4.74 Å². The lowest BCUT2D eigenvalue weighted by Crippen LogP contribution is -2.38. The van der Waals surface area contributed by atoms with Crippen LogP contribution in [0.5, 0.6) is 5.75 Å². The molecule has 1 saturated heterocycles. The number of ketones is 1. The highest BCUT2D eigenvalue weighted by atomic mass is 16.5. The van der Waals surface area contributed by atoms with E-state index < -0.39 is 0 Å². The molecule has 1 fully saturated rings. The molecule has 2 aromatic carbocycles. The third kappa shape index (κ3) is 4.02. The van der Waals surface area contributed by atoms with Gasteiger partial charge in [-0.25, -0.2) is 0 Å². The third-order valence-corrected chi connectivity index (χ3v) is 4.22. The van der Waals surface area contributed by atoms with E-state index in [1.165, 1.54) is 6.42 Å². The van der Waals surface area contributed by atoms with Gasteiger partial charge in [-0.3, -0.25) is 9.59 Å². The number of hydrogen-bond donors (Lipinski definition) is 0. The molecule has 1 amide bonds. The number of nitrogens with zero attached hydrogens (tertiary/aromatic N) is 1. The first-order chi connectivity index (χ1) is 11.7. The standard InChI is InChI=1S/C20H21NO3/c22-19(21-13-5-2-6-14-21)15-24-18-11-9-17(10-12-18)20(23)16-7-3-1-4-8-16/h1,3-4,7-12H,2,5-6,13-15H2. The molecular formula is C20H21NO3. The number of likely N-dealkylation sites (tertiary alicyclic amines) is 1. The van der Waals surface area contributed by atoms with Gasteiger partial charge in [0, 0.05) is 24.2 Å². The van der Waals surface area contributed by atoms with E-state index in [4.69, 9.17) is 4.74 Å². The number of ether oxygens (including phenoxy) is 1. The van der Waals surface area contributed by atoms with E-state index in [-0.39, 0.29) is 18.3 Å². The van der Waals surface area contributed by atoms with Crippen molar-refractivity contribution >= 4 is 11.7 Å². The Kier molecular flexibility index (Phi) is 5.26. The second kappa shape index (κ2) is 7.77. The maximum Gasteiger partial charge on any atom is 0.260 e. The van der Waals surface area contributed by atoms with Crippen LogP contribution in [0.2, 0.25) is 0 Å². The van der Waals surface area contributed by atoms with Gasteiger partial charge in [0.25, 0.3) is 5.91 Å². The number of benzene rings is 2. The molecule has 4 heteroatoms. The SMILES string of the molecule is O=C(c1ccccc1)c1ccc(OCC(=O)N2CCCCC2)cc1. The lowest BCUT2D eigenvalue weighted by molar-refractivity contribution is -0.134. The lowest BCUT2D eigenvalue weighted by Gasteiger charge is -2.26. The summed E-state index contributed by atoms with van der Waals surface area (Å²) >= 11 is 0. The van der Waals surface area contributed by atoms with Gasteiger partial charge in [-0.2, -0.15) is 0 Å². The molecule has 0 aromatic heterocycles. The average molecular weight is 323 g/mol. The van der Waals surface area contributed by atoms with Gasteiger partial charge in [0.2, 0.25) is 0 Å². The van der Waals surface area contributed by atoms with Crippen molar-refractivity contribution in [2.45, 2.75) is 19.3 Å². The lowest BCUT2D eigenvalue weighted by atomic mass is 10.0. The Bertz CT molecular complexity index is 689. The molecule has 4 nitrogen and oxygen atoms in total. The van der Waals surface area contributed by atoms with Crippen molar-refractivity contribution in [1.82, 2.24) is 4.90 Å². The molecule has 0 atom stereocenters. The van der Waals surface area contributed by atoms with Crippen LogP contribution in [0.15, 0.2) is 54.6 Å².